The molecule has 1 saturated heterocycles. The molecule has 0 bridgehead atoms. The van der Waals surface area contributed by atoms with Crippen molar-refractivity contribution < 1.29 is 119 Å². The summed E-state index contributed by atoms with van der Waals surface area (Å²) in [6.07, 6.45) is 3.84. The number of aromatic nitrogens is 1. The summed E-state index contributed by atoms with van der Waals surface area (Å²) in [5.74, 6) is 0.600. The van der Waals surface area contributed by atoms with Gasteiger partial charge in [-0.15, -0.1) is 0 Å². The molecule has 0 saturated carbocycles. The minimum Gasteiger partial charge on any atom is -0.507 e. The Kier molecular flexibility index (Phi) is 54.1. The number of hydrogen-bond acceptors (Lipinski definition) is 16. The summed E-state index contributed by atoms with van der Waals surface area (Å²) in [6, 6.07) is 32.8. The number of pyridine rings is 1. The fourth-order valence-electron chi connectivity index (χ4n) is 11.8. The number of aromatic hydroxyl groups is 8. The molecule has 32 heteroatoms. The van der Waals surface area contributed by atoms with E-state index < -0.39 is 0 Å². The second-order valence-electron chi connectivity index (χ2n) is 26.0. The van der Waals surface area contributed by atoms with Crippen LogP contribution in [0.4, 0.5) is 0 Å². The number of halogens is 12. The normalized spacial score (nSPS) is 11.9. The maximum atomic E-state index is 10.6. The molecule has 1 unspecified atom stereocenters. The summed E-state index contributed by atoms with van der Waals surface area (Å²) in [4.78, 5) is 14.7. The molecule has 9 aromatic rings. The quantitative estimate of drug-likeness (QED) is 0.0187. The van der Waals surface area contributed by atoms with Crippen LogP contribution in [-0.4, -0.2) is 137 Å². The average molecular weight is 1970 g/mol. The third-order valence-electron chi connectivity index (χ3n) is 16.9. The zero-order valence-corrected chi connectivity index (χ0v) is 78.2. The van der Waals surface area contributed by atoms with Gasteiger partial charge in [0.1, 0.15) is 46.0 Å². The Morgan fingerprint density at radius 1 is 0.386 bits per heavy atom. The topological polar surface area (TPSA) is 209 Å². The van der Waals surface area contributed by atoms with Crippen LogP contribution in [-0.2, 0) is 137 Å². The van der Waals surface area contributed by atoms with E-state index in [0.717, 1.165) is 65.1 Å². The van der Waals surface area contributed by atoms with Crippen molar-refractivity contribution in [3.05, 3.63) is 284 Å². The van der Waals surface area contributed by atoms with Gasteiger partial charge in [-0.3, -0.25) is 24.6 Å². The second-order valence-corrected chi connectivity index (χ2v) is 31.1. The summed E-state index contributed by atoms with van der Waals surface area (Å²) in [6.45, 7) is 15.7. The number of phenols is 8. The first-order chi connectivity index (χ1) is 50.1. The van der Waals surface area contributed by atoms with Gasteiger partial charge in [0.15, 0.2) is 0 Å². The Labute approximate surface area is 775 Å². The Hall–Kier alpha value is -3.41. The first kappa shape index (κ1) is 113. The maximum Gasteiger partial charge on any atom is 3.00 e. The van der Waals surface area contributed by atoms with E-state index in [2.05, 4.69) is 9.88 Å². The smallest absolute Gasteiger partial charge is 0.507 e. The third kappa shape index (κ3) is 35.3. The Morgan fingerprint density at radius 2 is 0.684 bits per heavy atom. The van der Waals surface area contributed by atoms with Crippen LogP contribution in [0.15, 0.2) is 121 Å². The molecule has 10 rings (SSSR count). The standard InChI is InChI=1S/C24H28N2O2.C19H19Cl4NO3.C18H20Cl4N2O2.C17H17Cl4NO3.4CH3.4Fe/c1-16-9-18(3)23(27)20(11-16)13-26(15-22-7-5-6-8-25-22)14-21-12-17(2)10-19(4)24(21)28;20-13-4-11(18(25)16(22)6-13)8-24(10-15-2-1-3-27-15)9-12-5-14(21)7-17(23)19(12)26;1-23(2)3-4-24(9-11-5-13(19)7-15(21)17(11)25)10-12-6-14(20)8-16(22)18(12)26;1-25-3-2-22(8-10-4-12(18)6-14(20)16(10)23)9-11-5-13(19)7-15(21)17(11)24;;;;;;;;/h5-12,27-28H,13-15H2,1-4H3;4-7,15,25-26H,1-3,8-10H2;5-8,25-26H,3-4,9-10H2,1-2H3;4-7,23-24H,2-3,8-9H2,1H3;4*1H3;;;;/q;;;;4*-1;3*+2;+3. The number of aryl methyl sites for hydroxylation is 4. The van der Waals surface area contributed by atoms with Crippen molar-refractivity contribution in [3.8, 4) is 46.0 Å². The summed E-state index contributed by atoms with van der Waals surface area (Å²) in [5, 5.41) is 86.3. The zero-order chi connectivity index (χ0) is 77.8. The van der Waals surface area contributed by atoms with Crippen molar-refractivity contribution >= 4 is 139 Å². The predicted octanol–water partition coefficient (Wildman–Crippen LogP) is 23.2. The summed E-state index contributed by atoms with van der Waals surface area (Å²) < 4.78 is 10.9. The van der Waals surface area contributed by atoms with Crippen molar-refractivity contribution in [2.24, 2.45) is 0 Å². The number of rotatable bonds is 26. The van der Waals surface area contributed by atoms with Crippen molar-refractivity contribution in [2.45, 2.75) is 106 Å². The molecule has 8 N–H and O–H groups in total. The van der Waals surface area contributed by atoms with E-state index in [4.69, 9.17) is 149 Å². The molecule has 0 spiro atoms. The Balaban J connectivity index is 0. The number of nitrogens with zero attached hydrogens (tertiary/aromatic N) is 6. The van der Waals surface area contributed by atoms with Crippen molar-refractivity contribution in [1.29, 1.82) is 0 Å². The third-order valence-corrected chi connectivity index (χ3v) is 20.0. The molecule has 1 aliphatic heterocycles. The molecule has 0 amide bonds. The minimum absolute atomic E-state index is 0. The number of methoxy groups -OCH3 is 1. The van der Waals surface area contributed by atoms with Crippen LogP contribution in [0.5, 0.6) is 46.0 Å². The molecule has 8 aromatic carbocycles. The summed E-state index contributed by atoms with van der Waals surface area (Å²) in [5.41, 5.74) is 10.3. The fraction of sp³-hybridized carbons (Fsp3) is 0.305. The number of benzene rings is 8. The summed E-state index contributed by atoms with van der Waals surface area (Å²) >= 11 is 72.4. The van der Waals surface area contributed by atoms with Gasteiger partial charge in [-0.2, -0.15) is 0 Å². The van der Waals surface area contributed by atoms with Crippen LogP contribution in [0, 0.1) is 57.4 Å². The van der Waals surface area contributed by atoms with Crippen LogP contribution in [0.3, 0.4) is 0 Å². The van der Waals surface area contributed by atoms with Crippen LogP contribution in [0.25, 0.3) is 0 Å². The first-order valence-electron chi connectivity index (χ1n) is 33.3. The number of likely N-dealkylation sites (N-methyl/N-ethyl adjacent to an activating group) is 1. The minimum atomic E-state index is -0.0261. The van der Waals surface area contributed by atoms with Gasteiger partial charge < -0.3 is 84.9 Å². The number of hydrogen-bond donors (Lipinski definition) is 8. The van der Waals surface area contributed by atoms with Gasteiger partial charge in [0.25, 0.3) is 0 Å². The Morgan fingerprint density at radius 3 is 0.965 bits per heavy atom. The van der Waals surface area contributed by atoms with E-state index >= 15 is 0 Å². The monoisotopic (exact) mass is 1970 g/mol. The van der Waals surface area contributed by atoms with Gasteiger partial charge in [0.2, 0.25) is 0 Å². The molecule has 114 heavy (non-hydrogen) atoms. The van der Waals surface area contributed by atoms with Gasteiger partial charge >= 0.3 is 68.3 Å². The van der Waals surface area contributed by atoms with Gasteiger partial charge in [-0.25, -0.2) is 0 Å². The van der Waals surface area contributed by atoms with Crippen LogP contribution < -0.4 is 0 Å². The Bertz CT molecular complexity index is 4240. The molecule has 1 aliphatic rings. The fourth-order valence-corrected chi connectivity index (χ4v) is 15.1. The molecule has 2 heterocycles. The van der Waals surface area contributed by atoms with Gasteiger partial charge in [0, 0.05) is 180 Å². The SMILES string of the molecule is CN(C)CCN(Cc1cc(Cl)cc(Cl)c1O)Cc1cc(Cl)cc(Cl)c1O.COCCN(Cc1cc(Cl)cc(Cl)c1O)Cc1cc(Cl)cc(Cl)c1O.Cc1cc(C)c(O)c(CN(Cc2ccccn2)Cc2cc(C)cc(C)c2O)c1.Oc1c(Cl)cc(Cl)cc1CN(Cc1cc(Cl)cc(Cl)c1O)CC1CCCO1.[CH3-].[CH3-].[CH3-].[CH3-].[Fe+2].[Fe+2].[Fe+2].[Fe+3]. The molecular formula is C82H96Cl12Fe4N6O10+5. The van der Waals surface area contributed by atoms with Crippen LogP contribution >= 0.6 is 139 Å². The second kappa shape index (κ2) is 54.8. The molecule has 0 aliphatic carbocycles. The molecule has 1 aromatic heterocycles. The van der Waals surface area contributed by atoms with Crippen molar-refractivity contribution in [3.63, 3.8) is 0 Å². The molecule has 1 fully saturated rings. The number of phenolic OH excluding ortho intramolecular Hbond substituents is 8. The average Bonchev–Trinajstić information content (AvgIpc) is 1.03. The van der Waals surface area contributed by atoms with E-state index in [0.29, 0.717) is 160 Å². The van der Waals surface area contributed by atoms with Crippen molar-refractivity contribution in [1.82, 2.24) is 29.5 Å². The molecule has 16 nitrogen and oxygen atoms in total. The van der Waals surface area contributed by atoms with E-state index in [-0.39, 0.29) is 169 Å². The van der Waals surface area contributed by atoms with Gasteiger partial charge in [0.05, 0.1) is 48.5 Å². The zero-order valence-electron chi connectivity index (χ0n) is 64.7. The maximum absolute atomic E-state index is 10.6. The molecular weight excluding hydrogens is 1880 g/mol. The molecule has 625 valence electrons. The van der Waals surface area contributed by atoms with Gasteiger partial charge in [-0.05, 0) is 151 Å². The summed E-state index contributed by atoms with van der Waals surface area (Å²) in [7, 11) is 5.54. The van der Waals surface area contributed by atoms with E-state index in [9.17, 15) is 40.9 Å². The first-order valence-corrected chi connectivity index (χ1v) is 37.8. The number of ether oxygens (including phenoxy) is 2. The van der Waals surface area contributed by atoms with Crippen LogP contribution in [0.1, 0.15) is 85.3 Å². The van der Waals surface area contributed by atoms with Gasteiger partial charge in [-0.1, -0.05) is 181 Å². The predicted molar refractivity (Wildman–Crippen MR) is 459 cm³/mol. The van der Waals surface area contributed by atoms with E-state index in [1.807, 2.05) is 104 Å². The van der Waals surface area contributed by atoms with E-state index in [1.165, 1.54) is 36.4 Å². The van der Waals surface area contributed by atoms with E-state index in [1.54, 1.807) is 49.7 Å². The van der Waals surface area contributed by atoms with Crippen molar-refractivity contribution in [2.75, 3.05) is 60.6 Å². The van der Waals surface area contributed by atoms with Crippen LogP contribution in [0.2, 0.25) is 60.3 Å². The molecule has 1 radical (unpaired) electrons. The molecule has 1 atom stereocenters. The largest absolute Gasteiger partial charge is 3.00 e.